The van der Waals surface area contributed by atoms with E-state index in [1.54, 1.807) is 24.3 Å². The summed E-state index contributed by atoms with van der Waals surface area (Å²) in [6.07, 6.45) is 0. The third-order valence-corrected chi connectivity index (χ3v) is 3.50. The van der Waals surface area contributed by atoms with Crippen molar-refractivity contribution in [2.75, 3.05) is 7.11 Å². The molecular formula is C13H12N2O3S. The van der Waals surface area contributed by atoms with Crippen LogP contribution in [0.1, 0.15) is 16.1 Å². The molecule has 5 nitrogen and oxygen atoms in total. The van der Waals surface area contributed by atoms with Crippen LogP contribution in [0.25, 0.3) is 0 Å². The fourth-order valence-electron chi connectivity index (χ4n) is 1.45. The van der Waals surface area contributed by atoms with Crippen LogP contribution >= 0.6 is 11.8 Å². The molecule has 0 atom stereocenters. The molecule has 0 aliphatic heterocycles. The van der Waals surface area contributed by atoms with Gasteiger partial charge in [-0.15, -0.1) is 16.9 Å². The lowest BCUT2D eigenvalue weighted by atomic mass is 10.2. The minimum Gasteiger partial charge on any atom is -0.480 e. The van der Waals surface area contributed by atoms with Crippen molar-refractivity contribution in [3.05, 3.63) is 47.7 Å². The quantitative estimate of drug-likeness (QED) is 0.846. The Morgan fingerprint density at radius 2 is 2.05 bits per heavy atom. The summed E-state index contributed by atoms with van der Waals surface area (Å²) in [7, 11) is 1.53. The summed E-state index contributed by atoms with van der Waals surface area (Å²) in [4.78, 5) is 11.8. The largest absolute Gasteiger partial charge is 0.480 e. The zero-order valence-corrected chi connectivity index (χ0v) is 11.1. The van der Waals surface area contributed by atoms with Crippen molar-refractivity contribution < 1.29 is 14.6 Å². The number of hydrogen-bond donors (Lipinski definition) is 1. The molecule has 0 aliphatic carbocycles. The standard InChI is InChI=1S/C13H12N2O3S/c1-18-12-7-6-9(14-15-12)8-19-11-5-3-2-4-10(11)13(16)17/h2-7H,8H2,1H3,(H,16,17). The highest BCUT2D eigenvalue weighted by Gasteiger charge is 2.09. The Labute approximate surface area is 114 Å². The molecule has 0 aliphatic rings. The average molecular weight is 276 g/mol. The summed E-state index contributed by atoms with van der Waals surface area (Å²) in [5, 5.41) is 16.9. The number of nitrogens with zero attached hydrogens (tertiary/aromatic N) is 2. The van der Waals surface area contributed by atoms with E-state index < -0.39 is 5.97 Å². The van der Waals surface area contributed by atoms with Gasteiger partial charge in [0.25, 0.3) is 0 Å². The number of hydrogen-bond acceptors (Lipinski definition) is 5. The molecule has 0 saturated heterocycles. The van der Waals surface area contributed by atoms with Crippen molar-refractivity contribution in [1.82, 2.24) is 10.2 Å². The predicted molar refractivity (Wildman–Crippen MR) is 71.5 cm³/mol. The molecule has 0 spiro atoms. The first kappa shape index (κ1) is 13.4. The lowest BCUT2D eigenvalue weighted by molar-refractivity contribution is 0.0693. The van der Waals surface area contributed by atoms with Gasteiger partial charge >= 0.3 is 5.97 Å². The van der Waals surface area contributed by atoms with E-state index in [-0.39, 0.29) is 0 Å². The summed E-state index contributed by atoms with van der Waals surface area (Å²) >= 11 is 1.42. The highest BCUT2D eigenvalue weighted by molar-refractivity contribution is 7.98. The number of aromatic carboxylic acids is 1. The van der Waals surface area contributed by atoms with E-state index >= 15 is 0 Å². The Morgan fingerprint density at radius 3 is 2.68 bits per heavy atom. The van der Waals surface area contributed by atoms with Gasteiger partial charge in [-0.1, -0.05) is 12.1 Å². The summed E-state index contributed by atoms with van der Waals surface area (Å²) in [6.45, 7) is 0. The second-order valence-electron chi connectivity index (χ2n) is 3.66. The molecule has 2 aromatic rings. The zero-order chi connectivity index (χ0) is 13.7. The lowest BCUT2D eigenvalue weighted by Crippen LogP contribution is -1.99. The first-order chi connectivity index (χ1) is 9.20. The minimum atomic E-state index is -0.927. The topological polar surface area (TPSA) is 72.3 Å². The molecule has 0 bridgehead atoms. The lowest BCUT2D eigenvalue weighted by Gasteiger charge is -2.05. The molecule has 0 unspecified atom stereocenters. The highest BCUT2D eigenvalue weighted by atomic mass is 32.2. The molecule has 1 N–H and O–H groups in total. The van der Waals surface area contributed by atoms with Gasteiger partial charge in [0, 0.05) is 16.7 Å². The highest BCUT2D eigenvalue weighted by Crippen LogP contribution is 2.25. The van der Waals surface area contributed by atoms with Gasteiger partial charge in [0.2, 0.25) is 5.88 Å². The van der Waals surface area contributed by atoms with E-state index in [0.717, 1.165) is 5.69 Å². The van der Waals surface area contributed by atoms with Crippen LogP contribution in [0.15, 0.2) is 41.3 Å². The van der Waals surface area contributed by atoms with Crippen LogP contribution < -0.4 is 4.74 Å². The maximum atomic E-state index is 11.1. The number of aromatic nitrogens is 2. The van der Waals surface area contributed by atoms with Crippen LogP contribution in [-0.4, -0.2) is 28.4 Å². The van der Waals surface area contributed by atoms with Crippen molar-refractivity contribution in [3.8, 4) is 5.88 Å². The van der Waals surface area contributed by atoms with E-state index in [0.29, 0.717) is 22.1 Å². The molecule has 0 amide bonds. The molecular weight excluding hydrogens is 264 g/mol. The van der Waals surface area contributed by atoms with E-state index in [1.807, 2.05) is 12.1 Å². The average Bonchev–Trinajstić information content (AvgIpc) is 2.46. The van der Waals surface area contributed by atoms with E-state index in [2.05, 4.69) is 10.2 Å². The van der Waals surface area contributed by atoms with Gasteiger partial charge in [-0.05, 0) is 18.2 Å². The maximum Gasteiger partial charge on any atom is 0.336 e. The van der Waals surface area contributed by atoms with Crippen molar-refractivity contribution in [2.24, 2.45) is 0 Å². The number of methoxy groups -OCH3 is 1. The van der Waals surface area contributed by atoms with Crippen molar-refractivity contribution >= 4 is 17.7 Å². The van der Waals surface area contributed by atoms with Crippen molar-refractivity contribution in [2.45, 2.75) is 10.6 Å². The van der Waals surface area contributed by atoms with Crippen LogP contribution in [0.4, 0.5) is 0 Å². The third kappa shape index (κ3) is 3.45. The predicted octanol–water partition coefficient (Wildman–Crippen LogP) is 2.48. The number of carboxylic acids is 1. The maximum absolute atomic E-state index is 11.1. The molecule has 0 saturated carbocycles. The monoisotopic (exact) mass is 276 g/mol. The fraction of sp³-hybridized carbons (Fsp3) is 0.154. The van der Waals surface area contributed by atoms with Gasteiger partial charge in [-0.3, -0.25) is 0 Å². The Kier molecular flexibility index (Phi) is 4.35. The van der Waals surface area contributed by atoms with Crippen LogP contribution in [-0.2, 0) is 5.75 Å². The van der Waals surface area contributed by atoms with Crippen LogP contribution in [0.2, 0.25) is 0 Å². The zero-order valence-electron chi connectivity index (χ0n) is 10.2. The first-order valence-electron chi connectivity index (χ1n) is 5.52. The normalized spacial score (nSPS) is 10.2. The SMILES string of the molecule is COc1ccc(CSc2ccccc2C(=O)O)nn1. The number of rotatable bonds is 5. The molecule has 1 aromatic carbocycles. The Balaban J connectivity index is 2.07. The number of thioether (sulfide) groups is 1. The van der Waals surface area contributed by atoms with Gasteiger partial charge < -0.3 is 9.84 Å². The summed E-state index contributed by atoms with van der Waals surface area (Å²) in [5.74, 6) is 0.0879. The summed E-state index contributed by atoms with van der Waals surface area (Å²) in [5.41, 5.74) is 1.07. The van der Waals surface area contributed by atoms with Gasteiger partial charge in [0.15, 0.2) is 0 Å². The number of benzene rings is 1. The molecule has 2 rings (SSSR count). The van der Waals surface area contributed by atoms with Gasteiger partial charge in [-0.25, -0.2) is 4.79 Å². The van der Waals surface area contributed by atoms with Crippen LogP contribution in [0, 0.1) is 0 Å². The van der Waals surface area contributed by atoms with Gasteiger partial charge in [0.05, 0.1) is 18.4 Å². The van der Waals surface area contributed by atoms with Gasteiger partial charge in [0.1, 0.15) is 0 Å². The third-order valence-electron chi connectivity index (χ3n) is 2.40. The van der Waals surface area contributed by atoms with Crippen molar-refractivity contribution in [1.29, 1.82) is 0 Å². The van der Waals surface area contributed by atoms with Gasteiger partial charge in [-0.2, -0.15) is 5.10 Å². The van der Waals surface area contributed by atoms with Crippen molar-refractivity contribution in [3.63, 3.8) is 0 Å². The van der Waals surface area contributed by atoms with Crippen LogP contribution in [0.3, 0.4) is 0 Å². The number of ether oxygens (including phenoxy) is 1. The molecule has 98 valence electrons. The molecule has 19 heavy (non-hydrogen) atoms. The minimum absolute atomic E-state index is 0.300. The van der Waals surface area contributed by atoms with E-state index in [4.69, 9.17) is 9.84 Å². The second kappa shape index (κ2) is 6.19. The molecule has 1 aromatic heterocycles. The summed E-state index contributed by atoms with van der Waals surface area (Å²) in [6, 6.07) is 10.4. The summed E-state index contributed by atoms with van der Waals surface area (Å²) < 4.78 is 4.92. The first-order valence-corrected chi connectivity index (χ1v) is 6.51. The number of carbonyl (C=O) groups is 1. The molecule has 1 heterocycles. The Hall–Kier alpha value is -2.08. The van der Waals surface area contributed by atoms with E-state index in [1.165, 1.54) is 18.9 Å². The van der Waals surface area contributed by atoms with Crippen LogP contribution in [0.5, 0.6) is 5.88 Å². The second-order valence-corrected chi connectivity index (χ2v) is 4.67. The fourth-order valence-corrected chi connectivity index (χ4v) is 2.40. The smallest absolute Gasteiger partial charge is 0.336 e. The number of carboxylic acid groups (broad SMARTS) is 1. The molecule has 6 heteroatoms. The Bertz CT molecular complexity index is 572. The molecule has 0 fully saturated rings. The molecule has 0 radical (unpaired) electrons. The van der Waals surface area contributed by atoms with E-state index in [9.17, 15) is 4.79 Å². The Morgan fingerprint density at radius 1 is 1.26 bits per heavy atom.